The van der Waals surface area contributed by atoms with Crippen molar-refractivity contribution in [1.82, 2.24) is 4.72 Å². The SMILES string of the molecule is CCC(N)(CC)CNS(=O)(=O)c1cc(OC)c(Br)cc1OC.Cl. The molecule has 0 saturated carbocycles. The number of ether oxygens (including phenoxy) is 2. The molecule has 0 amide bonds. The minimum atomic E-state index is -3.76. The number of hydrogen-bond acceptors (Lipinski definition) is 5. The number of methoxy groups -OCH3 is 2. The Kier molecular flexibility index (Phi) is 8.86. The molecule has 3 N–H and O–H groups in total. The lowest BCUT2D eigenvalue weighted by molar-refractivity contribution is 0.384. The molecule has 0 aromatic heterocycles. The molecule has 0 unspecified atom stereocenters. The van der Waals surface area contributed by atoms with Crippen LogP contribution in [-0.4, -0.2) is 34.7 Å². The van der Waals surface area contributed by atoms with Gasteiger partial charge < -0.3 is 15.2 Å². The van der Waals surface area contributed by atoms with Gasteiger partial charge in [0.15, 0.2) is 0 Å². The van der Waals surface area contributed by atoms with Gasteiger partial charge in [0.25, 0.3) is 0 Å². The van der Waals surface area contributed by atoms with E-state index in [1.807, 2.05) is 13.8 Å². The Morgan fingerprint density at radius 2 is 1.70 bits per heavy atom. The van der Waals surface area contributed by atoms with E-state index >= 15 is 0 Å². The van der Waals surface area contributed by atoms with Gasteiger partial charge in [0, 0.05) is 18.2 Å². The molecule has 134 valence electrons. The van der Waals surface area contributed by atoms with E-state index in [9.17, 15) is 8.42 Å². The van der Waals surface area contributed by atoms with Gasteiger partial charge in [-0.25, -0.2) is 13.1 Å². The first-order valence-corrected chi connectivity index (χ1v) is 9.20. The molecule has 0 heterocycles. The van der Waals surface area contributed by atoms with Crippen molar-refractivity contribution in [2.75, 3.05) is 20.8 Å². The number of nitrogens with two attached hydrogens (primary N) is 1. The van der Waals surface area contributed by atoms with Crippen molar-refractivity contribution in [2.45, 2.75) is 37.1 Å². The van der Waals surface area contributed by atoms with Crippen LogP contribution in [0.2, 0.25) is 0 Å². The van der Waals surface area contributed by atoms with E-state index in [0.717, 1.165) is 0 Å². The monoisotopic (exact) mass is 430 g/mol. The summed E-state index contributed by atoms with van der Waals surface area (Å²) >= 11 is 3.30. The van der Waals surface area contributed by atoms with Crippen LogP contribution in [0.15, 0.2) is 21.5 Å². The van der Waals surface area contributed by atoms with E-state index in [1.165, 1.54) is 20.3 Å². The molecule has 0 radical (unpaired) electrons. The third kappa shape index (κ3) is 5.49. The highest BCUT2D eigenvalue weighted by atomic mass is 79.9. The first kappa shape index (κ1) is 22.5. The van der Waals surface area contributed by atoms with Crippen molar-refractivity contribution in [3.63, 3.8) is 0 Å². The van der Waals surface area contributed by atoms with Gasteiger partial charge >= 0.3 is 0 Å². The van der Waals surface area contributed by atoms with Crippen LogP contribution in [0.25, 0.3) is 0 Å². The van der Waals surface area contributed by atoms with E-state index in [4.69, 9.17) is 15.2 Å². The summed E-state index contributed by atoms with van der Waals surface area (Å²) in [4.78, 5) is 0.0182. The maximum atomic E-state index is 12.6. The van der Waals surface area contributed by atoms with Gasteiger partial charge in [0.2, 0.25) is 10.0 Å². The average Bonchev–Trinajstić information content (AvgIpc) is 2.52. The fraction of sp³-hybridized carbons (Fsp3) is 0.571. The van der Waals surface area contributed by atoms with Crippen molar-refractivity contribution in [2.24, 2.45) is 5.73 Å². The minimum Gasteiger partial charge on any atom is -0.496 e. The Balaban J connectivity index is 0.00000484. The maximum absolute atomic E-state index is 12.6. The highest BCUT2D eigenvalue weighted by molar-refractivity contribution is 9.10. The maximum Gasteiger partial charge on any atom is 0.244 e. The topological polar surface area (TPSA) is 90.7 Å². The van der Waals surface area contributed by atoms with E-state index < -0.39 is 15.6 Å². The minimum absolute atomic E-state index is 0. The Bertz CT molecular complexity index is 621. The lowest BCUT2D eigenvalue weighted by Gasteiger charge is -2.27. The summed E-state index contributed by atoms with van der Waals surface area (Å²) in [6.07, 6.45) is 1.35. The second-order valence-corrected chi connectivity index (χ2v) is 7.62. The van der Waals surface area contributed by atoms with Crippen LogP contribution in [0.5, 0.6) is 11.5 Å². The highest BCUT2D eigenvalue weighted by Crippen LogP contribution is 2.35. The van der Waals surface area contributed by atoms with Crippen molar-refractivity contribution in [3.8, 4) is 11.5 Å². The average molecular weight is 432 g/mol. The molecule has 1 aromatic rings. The molecule has 0 fully saturated rings. The smallest absolute Gasteiger partial charge is 0.244 e. The third-order valence-electron chi connectivity index (χ3n) is 3.75. The van der Waals surface area contributed by atoms with E-state index in [0.29, 0.717) is 23.1 Å². The molecule has 0 aliphatic rings. The molecule has 1 rings (SSSR count). The molecule has 0 aliphatic carbocycles. The fourth-order valence-corrected chi connectivity index (χ4v) is 3.65. The lowest BCUT2D eigenvalue weighted by atomic mass is 9.95. The van der Waals surface area contributed by atoms with E-state index in [-0.39, 0.29) is 29.6 Å². The predicted molar refractivity (Wildman–Crippen MR) is 97.2 cm³/mol. The molecular formula is C14H24BrClN2O4S. The molecule has 0 saturated heterocycles. The van der Waals surface area contributed by atoms with Crippen LogP contribution in [0.4, 0.5) is 0 Å². The second kappa shape index (κ2) is 9.08. The second-order valence-electron chi connectivity index (χ2n) is 5.03. The fourth-order valence-electron chi connectivity index (χ4n) is 1.86. The molecule has 0 bridgehead atoms. The largest absolute Gasteiger partial charge is 0.496 e. The van der Waals surface area contributed by atoms with E-state index in [1.54, 1.807) is 6.07 Å². The zero-order chi connectivity index (χ0) is 17.0. The lowest BCUT2D eigenvalue weighted by Crippen LogP contribution is -2.49. The highest BCUT2D eigenvalue weighted by Gasteiger charge is 2.27. The summed E-state index contributed by atoms with van der Waals surface area (Å²) in [5, 5.41) is 0. The standard InChI is InChI=1S/C14H23BrN2O4S.ClH/c1-5-14(16,6-2)9-17-22(18,19)13-8-11(20-3)10(15)7-12(13)21-4;/h7-8,17H,5-6,9,16H2,1-4H3;1H. The van der Waals surface area contributed by atoms with Crippen molar-refractivity contribution >= 4 is 38.4 Å². The van der Waals surface area contributed by atoms with Gasteiger partial charge in [-0.15, -0.1) is 12.4 Å². The molecule has 0 spiro atoms. The summed E-state index contributed by atoms with van der Waals surface area (Å²) in [6, 6.07) is 2.98. The first-order chi connectivity index (χ1) is 10.2. The summed E-state index contributed by atoms with van der Waals surface area (Å²) in [6.45, 7) is 4.02. The first-order valence-electron chi connectivity index (χ1n) is 6.93. The Hall–Kier alpha value is -0.540. The molecular weight excluding hydrogens is 408 g/mol. The zero-order valence-electron chi connectivity index (χ0n) is 13.7. The van der Waals surface area contributed by atoms with E-state index in [2.05, 4.69) is 20.7 Å². The number of hydrogen-bond donors (Lipinski definition) is 2. The van der Waals surface area contributed by atoms with Gasteiger partial charge in [-0.2, -0.15) is 0 Å². The Morgan fingerprint density at radius 3 is 2.13 bits per heavy atom. The van der Waals surface area contributed by atoms with Crippen LogP contribution < -0.4 is 19.9 Å². The predicted octanol–water partition coefficient (Wildman–Crippen LogP) is 2.68. The van der Waals surface area contributed by atoms with Gasteiger partial charge in [-0.3, -0.25) is 0 Å². The quantitative estimate of drug-likeness (QED) is 0.660. The molecule has 9 heteroatoms. The Labute approximate surface area is 152 Å². The molecule has 0 atom stereocenters. The van der Waals surface area contributed by atoms with Crippen LogP contribution in [0.3, 0.4) is 0 Å². The summed E-state index contributed by atoms with van der Waals surface area (Å²) < 4.78 is 38.6. The van der Waals surface area contributed by atoms with Gasteiger partial charge in [-0.1, -0.05) is 13.8 Å². The third-order valence-corrected chi connectivity index (χ3v) is 5.79. The summed E-state index contributed by atoms with van der Waals surface area (Å²) in [7, 11) is -0.879. The van der Waals surface area contributed by atoms with Gasteiger partial charge in [-0.05, 0) is 34.8 Å². The summed E-state index contributed by atoms with van der Waals surface area (Å²) in [5.41, 5.74) is 5.57. The van der Waals surface area contributed by atoms with Crippen LogP contribution in [-0.2, 0) is 10.0 Å². The van der Waals surface area contributed by atoms with Crippen LogP contribution >= 0.6 is 28.3 Å². The number of sulfonamides is 1. The summed E-state index contributed by atoms with van der Waals surface area (Å²) in [5.74, 6) is 0.641. The van der Waals surface area contributed by atoms with Crippen LogP contribution in [0.1, 0.15) is 26.7 Å². The molecule has 0 aliphatic heterocycles. The Morgan fingerprint density at radius 1 is 1.17 bits per heavy atom. The van der Waals surface area contributed by atoms with Gasteiger partial charge in [0.05, 0.1) is 18.7 Å². The number of benzene rings is 1. The number of halogens is 2. The zero-order valence-corrected chi connectivity index (χ0v) is 16.9. The number of nitrogens with one attached hydrogen (secondary N) is 1. The molecule has 23 heavy (non-hydrogen) atoms. The van der Waals surface area contributed by atoms with Crippen molar-refractivity contribution in [3.05, 3.63) is 16.6 Å². The van der Waals surface area contributed by atoms with Crippen molar-refractivity contribution in [1.29, 1.82) is 0 Å². The molecule has 1 aromatic carbocycles. The van der Waals surface area contributed by atoms with Crippen LogP contribution in [0, 0.1) is 0 Å². The van der Waals surface area contributed by atoms with Gasteiger partial charge in [0.1, 0.15) is 16.4 Å². The number of rotatable bonds is 8. The van der Waals surface area contributed by atoms with Crippen molar-refractivity contribution < 1.29 is 17.9 Å². The normalized spacial score (nSPS) is 11.7. The molecule has 6 nitrogen and oxygen atoms in total.